The fraction of sp³-hybridized carbons (Fsp3) is 0.923. The predicted octanol–water partition coefficient (Wildman–Crippen LogP) is 1.70. The number of unbranched alkanes of at least 4 members (excludes halogenated alkanes) is 1. The van der Waals surface area contributed by atoms with Crippen molar-refractivity contribution < 1.29 is 9.90 Å². The van der Waals surface area contributed by atoms with E-state index < -0.39 is 11.5 Å². The maximum atomic E-state index is 11.3. The summed E-state index contributed by atoms with van der Waals surface area (Å²) in [4.78, 5) is 13.6. The first-order chi connectivity index (χ1) is 7.98. The van der Waals surface area contributed by atoms with Gasteiger partial charge < -0.3 is 10.0 Å². The van der Waals surface area contributed by atoms with Gasteiger partial charge in [0.2, 0.25) is 0 Å². The van der Waals surface area contributed by atoms with Gasteiger partial charge in [-0.15, -0.1) is 0 Å². The van der Waals surface area contributed by atoms with Crippen LogP contribution in [0.25, 0.3) is 0 Å². The Kier molecular flexibility index (Phi) is 5.40. The quantitative estimate of drug-likeness (QED) is 0.646. The van der Waals surface area contributed by atoms with Crippen molar-refractivity contribution in [3.05, 3.63) is 0 Å². The lowest BCUT2D eigenvalue weighted by Gasteiger charge is -2.28. The topological polar surface area (TPSA) is 52.6 Å². The number of carbonyl (C=O) groups is 1. The molecule has 1 saturated carbocycles. The zero-order valence-corrected chi connectivity index (χ0v) is 11.3. The molecule has 17 heavy (non-hydrogen) atoms. The Morgan fingerprint density at radius 2 is 2.12 bits per heavy atom. The van der Waals surface area contributed by atoms with Crippen molar-refractivity contribution >= 4 is 5.97 Å². The summed E-state index contributed by atoms with van der Waals surface area (Å²) in [7, 11) is 2.06. The van der Waals surface area contributed by atoms with E-state index in [1.807, 2.05) is 0 Å². The van der Waals surface area contributed by atoms with Crippen molar-refractivity contribution in [2.45, 2.75) is 57.5 Å². The van der Waals surface area contributed by atoms with E-state index in [0.717, 1.165) is 25.9 Å². The van der Waals surface area contributed by atoms with E-state index >= 15 is 0 Å². The molecule has 0 aromatic heterocycles. The Hall–Kier alpha value is -0.610. The van der Waals surface area contributed by atoms with E-state index in [1.54, 1.807) is 6.92 Å². The van der Waals surface area contributed by atoms with E-state index in [9.17, 15) is 9.90 Å². The molecule has 4 heteroatoms. The maximum absolute atomic E-state index is 11.3. The minimum Gasteiger partial charge on any atom is -0.480 e. The van der Waals surface area contributed by atoms with Gasteiger partial charge >= 0.3 is 5.97 Å². The van der Waals surface area contributed by atoms with Crippen LogP contribution in [0.2, 0.25) is 0 Å². The lowest BCUT2D eigenvalue weighted by atomic mass is 9.97. The zero-order valence-electron chi connectivity index (χ0n) is 11.3. The minimum atomic E-state index is -0.762. The highest BCUT2D eigenvalue weighted by molar-refractivity contribution is 5.78. The van der Waals surface area contributed by atoms with Crippen molar-refractivity contribution in [2.75, 3.05) is 20.1 Å². The standard InChI is InChI=1S/C13H26N2O2/c1-4-5-9-15(3)10-8-13(2,12(16)17)14-11-6-7-11/h11,14H,4-10H2,1-3H3,(H,16,17). The number of hydrogen-bond donors (Lipinski definition) is 2. The molecule has 2 N–H and O–H groups in total. The normalized spacial score (nSPS) is 19.3. The van der Waals surface area contributed by atoms with Crippen LogP contribution < -0.4 is 5.32 Å². The van der Waals surface area contributed by atoms with Crippen molar-refractivity contribution in [1.82, 2.24) is 10.2 Å². The van der Waals surface area contributed by atoms with E-state index in [0.29, 0.717) is 12.5 Å². The van der Waals surface area contributed by atoms with Crippen molar-refractivity contribution in [3.8, 4) is 0 Å². The average Bonchev–Trinajstić information content (AvgIpc) is 3.07. The number of carboxylic acid groups (broad SMARTS) is 1. The summed E-state index contributed by atoms with van der Waals surface area (Å²) in [6.07, 6.45) is 5.26. The Labute approximate surface area is 104 Å². The molecule has 0 saturated heterocycles. The monoisotopic (exact) mass is 242 g/mol. The van der Waals surface area contributed by atoms with E-state index in [2.05, 4.69) is 24.2 Å². The molecule has 0 bridgehead atoms. The van der Waals surface area contributed by atoms with Gasteiger partial charge in [-0.25, -0.2) is 0 Å². The molecule has 0 aromatic carbocycles. The van der Waals surface area contributed by atoms with Gasteiger partial charge in [0.25, 0.3) is 0 Å². The Morgan fingerprint density at radius 1 is 1.47 bits per heavy atom. The molecular formula is C13H26N2O2. The summed E-state index contributed by atoms with van der Waals surface area (Å²) >= 11 is 0. The third-order valence-electron chi connectivity index (χ3n) is 3.46. The highest BCUT2D eigenvalue weighted by Crippen LogP contribution is 2.24. The van der Waals surface area contributed by atoms with Crippen LogP contribution in [0.15, 0.2) is 0 Å². The summed E-state index contributed by atoms with van der Waals surface area (Å²) in [5.41, 5.74) is -0.762. The first kappa shape index (κ1) is 14.5. The average molecular weight is 242 g/mol. The summed E-state index contributed by atoms with van der Waals surface area (Å²) in [5.74, 6) is -0.728. The largest absolute Gasteiger partial charge is 0.480 e. The predicted molar refractivity (Wildman–Crippen MR) is 69.2 cm³/mol. The molecule has 1 aliphatic rings. The third-order valence-corrected chi connectivity index (χ3v) is 3.46. The first-order valence-corrected chi connectivity index (χ1v) is 6.67. The number of carboxylic acids is 1. The Bertz CT molecular complexity index is 254. The van der Waals surface area contributed by atoms with Gasteiger partial charge in [0.1, 0.15) is 5.54 Å². The Balaban J connectivity index is 2.35. The number of hydrogen-bond acceptors (Lipinski definition) is 3. The van der Waals surface area contributed by atoms with Gasteiger partial charge in [-0.2, -0.15) is 0 Å². The molecule has 1 fully saturated rings. The van der Waals surface area contributed by atoms with Crippen LogP contribution in [-0.4, -0.2) is 47.7 Å². The smallest absolute Gasteiger partial charge is 0.323 e. The Morgan fingerprint density at radius 3 is 2.59 bits per heavy atom. The number of nitrogens with one attached hydrogen (secondary N) is 1. The number of aliphatic carboxylic acids is 1. The molecule has 1 rings (SSSR count). The zero-order chi connectivity index (χ0) is 12.9. The van der Waals surface area contributed by atoms with E-state index in [1.165, 1.54) is 12.8 Å². The summed E-state index contributed by atoms with van der Waals surface area (Å²) in [6.45, 7) is 5.86. The maximum Gasteiger partial charge on any atom is 0.323 e. The molecule has 1 atom stereocenters. The van der Waals surface area contributed by atoms with Gasteiger partial charge in [0, 0.05) is 12.6 Å². The highest BCUT2D eigenvalue weighted by atomic mass is 16.4. The van der Waals surface area contributed by atoms with Crippen LogP contribution in [0.4, 0.5) is 0 Å². The van der Waals surface area contributed by atoms with E-state index in [4.69, 9.17) is 0 Å². The van der Waals surface area contributed by atoms with Crippen LogP contribution in [0.3, 0.4) is 0 Å². The van der Waals surface area contributed by atoms with Crippen LogP contribution >= 0.6 is 0 Å². The molecular weight excluding hydrogens is 216 g/mol. The van der Waals surface area contributed by atoms with E-state index in [-0.39, 0.29) is 0 Å². The van der Waals surface area contributed by atoms with Crippen LogP contribution in [0.1, 0.15) is 46.0 Å². The van der Waals surface area contributed by atoms with Gasteiger partial charge in [-0.3, -0.25) is 10.1 Å². The summed E-state index contributed by atoms with van der Waals surface area (Å²) in [5, 5.41) is 12.6. The second-order valence-electron chi connectivity index (χ2n) is 5.46. The fourth-order valence-corrected chi connectivity index (χ4v) is 1.87. The second-order valence-corrected chi connectivity index (χ2v) is 5.46. The van der Waals surface area contributed by atoms with Gasteiger partial charge in [0.15, 0.2) is 0 Å². The van der Waals surface area contributed by atoms with Crippen molar-refractivity contribution in [2.24, 2.45) is 0 Å². The summed E-state index contributed by atoms with van der Waals surface area (Å²) < 4.78 is 0. The fourth-order valence-electron chi connectivity index (χ4n) is 1.87. The molecule has 1 aliphatic carbocycles. The number of rotatable bonds is 9. The molecule has 1 unspecified atom stereocenters. The van der Waals surface area contributed by atoms with Crippen LogP contribution in [-0.2, 0) is 4.79 Å². The molecule has 0 aromatic rings. The van der Waals surface area contributed by atoms with Crippen LogP contribution in [0, 0.1) is 0 Å². The third kappa shape index (κ3) is 5.04. The molecule has 0 spiro atoms. The van der Waals surface area contributed by atoms with Gasteiger partial charge in [-0.1, -0.05) is 13.3 Å². The van der Waals surface area contributed by atoms with Crippen LogP contribution in [0.5, 0.6) is 0 Å². The van der Waals surface area contributed by atoms with Gasteiger partial charge in [0.05, 0.1) is 0 Å². The lowest BCUT2D eigenvalue weighted by molar-refractivity contribution is -0.144. The molecule has 0 aliphatic heterocycles. The summed E-state index contributed by atoms with van der Waals surface area (Å²) in [6, 6.07) is 0.428. The first-order valence-electron chi connectivity index (χ1n) is 6.67. The molecule has 0 amide bonds. The number of nitrogens with zero attached hydrogens (tertiary/aromatic N) is 1. The molecule has 0 heterocycles. The van der Waals surface area contributed by atoms with Crippen molar-refractivity contribution in [1.29, 1.82) is 0 Å². The molecule has 4 nitrogen and oxygen atoms in total. The van der Waals surface area contributed by atoms with Gasteiger partial charge in [-0.05, 0) is 46.2 Å². The van der Waals surface area contributed by atoms with Crippen molar-refractivity contribution in [3.63, 3.8) is 0 Å². The minimum absolute atomic E-state index is 0.428. The molecule has 100 valence electrons. The SMILES string of the molecule is CCCCN(C)CCC(C)(NC1CC1)C(=O)O. The highest BCUT2D eigenvalue weighted by Gasteiger charge is 2.38. The molecule has 0 radical (unpaired) electrons. The second kappa shape index (κ2) is 6.36. The lowest BCUT2D eigenvalue weighted by Crippen LogP contribution is -2.52.